The first-order valence-corrected chi connectivity index (χ1v) is 7.09. The SMILES string of the molecule is CCOC(=O)c1ccc(OCC2NCCS2)cc1. The Kier molecular flexibility index (Phi) is 4.90. The smallest absolute Gasteiger partial charge is 0.338 e. The third kappa shape index (κ3) is 3.65. The molecule has 1 N–H and O–H groups in total. The van der Waals surface area contributed by atoms with E-state index in [0.717, 1.165) is 18.0 Å². The number of esters is 1. The largest absolute Gasteiger partial charge is 0.491 e. The summed E-state index contributed by atoms with van der Waals surface area (Å²) in [7, 11) is 0. The van der Waals surface area contributed by atoms with Crippen molar-refractivity contribution >= 4 is 17.7 Å². The van der Waals surface area contributed by atoms with Gasteiger partial charge in [-0.25, -0.2) is 4.79 Å². The van der Waals surface area contributed by atoms with E-state index in [-0.39, 0.29) is 5.97 Å². The van der Waals surface area contributed by atoms with E-state index in [2.05, 4.69) is 5.32 Å². The van der Waals surface area contributed by atoms with E-state index in [1.165, 1.54) is 0 Å². The van der Waals surface area contributed by atoms with Crippen LogP contribution in [0.3, 0.4) is 0 Å². The van der Waals surface area contributed by atoms with Gasteiger partial charge in [-0.05, 0) is 31.2 Å². The highest BCUT2D eigenvalue weighted by Gasteiger charge is 2.15. The van der Waals surface area contributed by atoms with Gasteiger partial charge in [0.05, 0.1) is 17.5 Å². The monoisotopic (exact) mass is 267 g/mol. The summed E-state index contributed by atoms with van der Waals surface area (Å²) in [6, 6.07) is 7.04. The van der Waals surface area contributed by atoms with Crippen LogP contribution in [0, 0.1) is 0 Å². The number of ether oxygens (including phenoxy) is 2. The topological polar surface area (TPSA) is 47.6 Å². The Labute approximate surface area is 111 Å². The normalized spacial score (nSPS) is 18.6. The molecular formula is C13H17NO3S. The molecule has 1 aromatic rings. The standard InChI is InChI=1S/C13H17NO3S/c1-2-16-13(15)10-3-5-11(6-4-10)17-9-12-14-7-8-18-12/h3-6,12,14H,2,7-9H2,1H3. The maximum Gasteiger partial charge on any atom is 0.338 e. The molecule has 0 radical (unpaired) electrons. The molecule has 5 heteroatoms. The van der Waals surface area contributed by atoms with Crippen LogP contribution in [0.5, 0.6) is 5.75 Å². The van der Waals surface area contributed by atoms with Crippen LogP contribution in [0.1, 0.15) is 17.3 Å². The number of carbonyl (C=O) groups is 1. The second kappa shape index (κ2) is 6.66. The summed E-state index contributed by atoms with van der Waals surface area (Å²) < 4.78 is 10.6. The van der Waals surface area contributed by atoms with Crippen molar-refractivity contribution < 1.29 is 14.3 Å². The molecule has 4 nitrogen and oxygen atoms in total. The van der Waals surface area contributed by atoms with Gasteiger partial charge in [0.2, 0.25) is 0 Å². The van der Waals surface area contributed by atoms with Crippen LogP contribution in [-0.4, -0.2) is 36.9 Å². The molecule has 0 bridgehead atoms. The zero-order valence-electron chi connectivity index (χ0n) is 10.3. The molecule has 1 fully saturated rings. The summed E-state index contributed by atoms with van der Waals surface area (Å²) in [5.41, 5.74) is 0.553. The number of hydrogen-bond acceptors (Lipinski definition) is 5. The summed E-state index contributed by atoms with van der Waals surface area (Å²) in [5.74, 6) is 1.62. The molecule has 0 aliphatic carbocycles. The quantitative estimate of drug-likeness (QED) is 0.826. The lowest BCUT2D eigenvalue weighted by molar-refractivity contribution is 0.0526. The van der Waals surface area contributed by atoms with Gasteiger partial charge in [-0.3, -0.25) is 0 Å². The van der Waals surface area contributed by atoms with Crippen LogP contribution in [-0.2, 0) is 4.74 Å². The summed E-state index contributed by atoms with van der Waals surface area (Å²) in [5, 5.41) is 3.71. The van der Waals surface area contributed by atoms with E-state index in [1.807, 2.05) is 11.8 Å². The van der Waals surface area contributed by atoms with Gasteiger partial charge >= 0.3 is 5.97 Å². The molecular weight excluding hydrogens is 250 g/mol. The summed E-state index contributed by atoms with van der Waals surface area (Å²) >= 11 is 1.87. The maximum atomic E-state index is 11.4. The molecule has 1 aliphatic heterocycles. The number of thioether (sulfide) groups is 1. The van der Waals surface area contributed by atoms with Gasteiger partial charge in [-0.2, -0.15) is 0 Å². The third-order valence-electron chi connectivity index (χ3n) is 2.56. The van der Waals surface area contributed by atoms with Crippen LogP contribution in [0.4, 0.5) is 0 Å². The molecule has 2 rings (SSSR count). The third-order valence-corrected chi connectivity index (χ3v) is 3.70. The maximum absolute atomic E-state index is 11.4. The molecule has 18 heavy (non-hydrogen) atoms. The van der Waals surface area contributed by atoms with Gasteiger partial charge < -0.3 is 14.8 Å². The lowest BCUT2D eigenvalue weighted by Crippen LogP contribution is -2.26. The minimum Gasteiger partial charge on any atom is -0.491 e. The fraction of sp³-hybridized carbons (Fsp3) is 0.462. The van der Waals surface area contributed by atoms with Crippen molar-refractivity contribution in [3.8, 4) is 5.75 Å². The van der Waals surface area contributed by atoms with E-state index < -0.39 is 0 Å². The van der Waals surface area contributed by atoms with Crippen molar-refractivity contribution in [3.05, 3.63) is 29.8 Å². The molecule has 98 valence electrons. The van der Waals surface area contributed by atoms with Gasteiger partial charge in [-0.1, -0.05) is 0 Å². The Morgan fingerprint density at radius 1 is 1.44 bits per heavy atom. The van der Waals surface area contributed by atoms with E-state index >= 15 is 0 Å². The summed E-state index contributed by atoms with van der Waals surface area (Å²) in [6.45, 7) is 3.87. The molecule has 1 atom stereocenters. The van der Waals surface area contributed by atoms with Crippen molar-refractivity contribution in [2.75, 3.05) is 25.5 Å². The molecule has 0 amide bonds. The second-order valence-electron chi connectivity index (χ2n) is 3.87. The first-order chi connectivity index (χ1) is 8.79. The van der Waals surface area contributed by atoms with Gasteiger partial charge in [0, 0.05) is 12.3 Å². The molecule has 0 saturated carbocycles. The van der Waals surface area contributed by atoms with E-state index in [4.69, 9.17) is 9.47 Å². The molecule has 1 unspecified atom stereocenters. The summed E-state index contributed by atoms with van der Waals surface area (Å²) in [6.07, 6.45) is 0. The Morgan fingerprint density at radius 2 is 2.22 bits per heavy atom. The number of hydrogen-bond donors (Lipinski definition) is 1. The Hall–Kier alpha value is -1.20. The fourth-order valence-electron chi connectivity index (χ4n) is 1.66. The minimum atomic E-state index is -0.294. The minimum absolute atomic E-state index is 0.294. The zero-order chi connectivity index (χ0) is 12.8. The van der Waals surface area contributed by atoms with E-state index in [9.17, 15) is 4.79 Å². The number of nitrogens with one attached hydrogen (secondary N) is 1. The molecule has 0 aromatic heterocycles. The zero-order valence-corrected chi connectivity index (χ0v) is 11.2. The predicted octanol–water partition coefficient (Wildman–Crippen LogP) is 1.90. The Bertz CT molecular complexity index is 388. The number of benzene rings is 1. The molecule has 1 aliphatic rings. The number of carbonyl (C=O) groups excluding carboxylic acids is 1. The van der Waals surface area contributed by atoms with E-state index in [0.29, 0.717) is 24.2 Å². The van der Waals surface area contributed by atoms with Crippen molar-refractivity contribution in [2.45, 2.75) is 12.3 Å². The highest BCUT2D eigenvalue weighted by atomic mass is 32.2. The Morgan fingerprint density at radius 3 is 2.83 bits per heavy atom. The molecule has 1 heterocycles. The number of rotatable bonds is 5. The van der Waals surface area contributed by atoms with Gasteiger partial charge in [0.1, 0.15) is 12.4 Å². The van der Waals surface area contributed by atoms with Gasteiger partial charge in [0.25, 0.3) is 0 Å². The summed E-state index contributed by atoms with van der Waals surface area (Å²) in [4.78, 5) is 11.4. The average molecular weight is 267 g/mol. The Balaban J connectivity index is 1.85. The highest BCUT2D eigenvalue weighted by molar-refractivity contribution is 8.00. The van der Waals surface area contributed by atoms with E-state index in [1.54, 1.807) is 31.2 Å². The van der Waals surface area contributed by atoms with Gasteiger partial charge in [0.15, 0.2) is 0 Å². The van der Waals surface area contributed by atoms with Gasteiger partial charge in [-0.15, -0.1) is 11.8 Å². The average Bonchev–Trinajstić information content (AvgIpc) is 2.90. The van der Waals surface area contributed by atoms with Crippen LogP contribution < -0.4 is 10.1 Å². The van der Waals surface area contributed by atoms with Crippen molar-refractivity contribution in [3.63, 3.8) is 0 Å². The molecule has 1 saturated heterocycles. The predicted molar refractivity (Wildman–Crippen MR) is 72.1 cm³/mol. The molecule has 0 spiro atoms. The van der Waals surface area contributed by atoms with Crippen molar-refractivity contribution in [2.24, 2.45) is 0 Å². The lowest BCUT2D eigenvalue weighted by Gasteiger charge is -2.11. The first kappa shape index (κ1) is 13.2. The first-order valence-electron chi connectivity index (χ1n) is 6.04. The van der Waals surface area contributed by atoms with Crippen LogP contribution >= 0.6 is 11.8 Å². The van der Waals surface area contributed by atoms with Crippen LogP contribution in [0.15, 0.2) is 24.3 Å². The highest BCUT2D eigenvalue weighted by Crippen LogP contribution is 2.17. The van der Waals surface area contributed by atoms with Crippen LogP contribution in [0.25, 0.3) is 0 Å². The second-order valence-corrected chi connectivity index (χ2v) is 5.18. The van der Waals surface area contributed by atoms with Crippen LogP contribution in [0.2, 0.25) is 0 Å². The van der Waals surface area contributed by atoms with Crippen molar-refractivity contribution in [1.29, 1.82) is 0 Å². The van der Waals surface area contributed by atoms with Crippen molar-refractivity contribution in [1.82, 2.24) is 5.32 Å². The lowest BCUT2D eigenvalue weighted by atomic mass is 10.2. The fourth-order valence-corrected chi connectivity index (χ4v) is 2.58. The molecule has 1 aromatic carbocycles.